The largest absolute Gasteiger partial charge is 0.544 e. The van der Waals surface area contributed by atoms with E-state index in [4.69, 9.17) is 0 Å². The fourth-order valence-corrected chi connectivity index (χ4v) is 3.66. The average molecular weight is 599 g/mol. The van der Waals surface area contributed by atoms with E-state index in [2.05, 4.69) is 27.7 Å². The summed E-state index contributed by atoms with van der Waals surface area (Å²) in [6, 6.07) is 0. The fourth-order valence-electron chi connectivity index (χ4n) is 3.66. The molecule has 0 saturated carbocycles. The van der Waals surface area contributed by atoms with Crippen molar-refractivity contribution < 1.29 is 80.2 Å². The molecule has 0 atom stereocenters. The molecule has 0 radical (unpaired) electrons. The van der Waals surface area contributed by atoms with E-state index < -0.39 is 47.7 Å². The summed E-state index contributed by atoms with van der Waals surface area (Å²) < 4.78 is 188. The van der Waals surface area contributed by atoms with Crippen molar-refractivity contribution >= 4 is 5.97 Å². The van der Waals surface area contributed by atoms with Crippen LogP contribution in [-0.4, -0.2) is 78.3 Å². The summed E-state index contributed by atoms with van der Waals surface area (Å²) in [6.45, 7) is 14.8. The second-order valence-corrected chi connectivity index (χ2v) is 8.47. The second kappa shape index (κ2) is 12.7. The zero-order chi connectivity index (χ0) is 31.2. The minimum Gasteiger partial charge on any atom is -0.544 e. The Morgan fingerprint density at radius 1 is 0.500 bits per heavy atom. The lowest BCUT2D eigenvalue weighted by molar-refractivity contribution is -0.928. The van der Waals surface area contributed by atoms with Gasteiger partial charge in [-0.3, -0.25) is 0 Å². The molecule has 0 aromatic rings. The van der Waals surface area contributed by atoms with Crippen LogP contribution >= 0.6 is 0 Å². The smallest absolute Gasteiger partial charge is 0.460 e. The maximum Gasteiger partial charge on any atom is 0.460 e. The van der Waals surface area contributed by atoms with Crippen LogP contribution in [0, 0.1) is 0 Å². The van der Waals surface area contributed by atoms with Crippen molar-refractivity contribution in [2.75, 3.05) is 26.2 Å². The first-order chi connectivity index (χ1) is 16.7. The molecule has 0 aliphatic heterocycles. The van der Waals surface area contributed by atoms with Crippen LogP contribution < -0.4 is 5.11 Å². The molecule has 0 aliphatic rings. The molecule has 0 bridgehead atoms. The number of nitrogens with zero attached hydrogens (tertiary/aromatic N) is 1. The molecular formula is C20H28F15NO2. The Balaban J connectivity index is 0. The van der Waals surface area contributed by atoms with Crippen LogP contribution in [0.1, 0.15) is 53.4 Å². The van der Waals surface area contributed by atoms with Gasteiger partial charge in [-0.15, -0.1) is 0 Å². The zero-order valence-corrected chi connectivity index (χ0v) is 20.6. The van der Waals surface area contributed by atoms with E-state index in [0.29, 0.717) is 0 Å². The van der Waals surface area contributed by atoms with Gasteiger partial charge in [0.1, 0.15) is 5.97 Å². The quantitative estimate of drug-likeness (QED) is 0.168. The lowest BCUT2D eigenvalue weighted by Crippen LogP contribution is -2.74. The van der Waals surface area contributed by atoms with Gasteiger partial charge in [-0.1, -0.05) is 27.7 Å². The first kappa shape index (κ1) is 38.5. The van der Waals surface area contributed by atoms with E-state index in [0.717, 1.165) is 0 Å². The van der Waals surface area contributed by atoms with E-state index >= 15 is 0 Å². The van der Waals surface area contributed by atoms with E-state index in [1.165, 1.54) is 56.3 Å². The van der Waals surface area contributed by atoms with Crippen molar-refractivity contribution in [3.63, 3.8) is 0 Å². The fraction of sp³-hybridized carbons (Fsp3) is 0.950. The minimum atomic E-state index is -8.50. The molecule has 0 saturated heterocycles. The van der Waals surface area contributed by atoms with Gasteiger partial charge in [-0.2, -0.15) is 65.9 Å². The summed E-state index contributed by atoms with van der Waals surface area (Å²) in [5.74, 6) is -53.3. The van der Waals surface area contributed by atoms with Crippen LogP contribution in [0.3, 0.4) is 0 Å². The molecular weight excluding hydrogens is 571 g/mol. The van der Waals surface area contributed by atoms with Crippen molar-refractivity contribution in [2.24, 2.45) is 0 Å². The summed E-state index contributed by atoms with van der Waals surface area (Å²) >= 11 is 0. The Bertz CT molecular complexity index is 722. The van der Waals surface area contributed by atoms with Crippen LogP contribution in [0.5, 0.6) is 0 Å². The maximum absolute atomic E-state index is 12.8. The molecule has 38 heavy (non-hydrogen) atoms. The van der Waals surface area contributed by atoms with Crippen LogP contribution in [0.15, 0.2) is 0 Å². The highest BCUT2D eigenvalue weighted by atomic mass is 19.4. The highest BCUT2D eigenvalue weighted by molar-refractivity contribution is 5.75. The molecule has 0 aromatic heterocycles. The Labute approximate surface area is 208 Å². The third-order valence-electron chi connectivity index (χ3n) is 5.38. The van der Waals surface area contributed by atoms with Gasteiger partial charge < -0.3 is 14.4 Å². The summed E-state index contributed by atoms with van der Waals surface area (Å²) in [5, 5.41) is 9.61. The van der Waals surface area contributed by atoms with Crippen LogP contribution in [0.25, 0.3) is 0 Å². The monoisotopic (exact) mass is 599 g/mol. The summed E-state index contributed by atoms with van der Waals surface area (Å²) in [4.78, 5) is 9.61. The highest BCUT2D eigenvalue weighted by Crippen LogP contribution is 2.62. The number of alkyl halides is 15. The molecule has 0 spiro atoms. The van der Waals surface area contributed by atoms with E-state index in [1.807, 2.05) is 0 Å². The number of rotatable bonds is 14. The Kier molecular flexibility index (Phi) is 12.9. The predicted molar refractivity (Wildman–Crippen MR) is 102 cm³/mol. The molecule has 0 unspecified atom stereocenters. The molecule has 18 heteroatoms. The summed E-state index contributed by atoms with van der Waals surface area (Å²) in [6.07, 6.45) is -2.37. The summed E-state index contributed by atoms with van der Waals surface area (Å²) in [7, 11) is 0. The Hall–Kier alpha value is -1.62. The van der Waals surface area contributed by atoms with Crippen molar-refractivity contribution in [3.05, 3.63) is 0 Å². The van der Waals surface area contributed by atoms with Gasteiger partial charge in [0.05, 0.1) is 26.2 Å². The number of aliphatic carboxylic acids is 1. The molecule has 0 aromatic carbocycles. The number of quaternary nitrogens is 1. The SMILES string of the molecule is CCC[N+](CCC)(CCC)CCC.O=C([O-])C(F)(F)C(F)(F)C(F)(F)C(F)(F)C(F)(F)C(F)(F)C(F)(F)F. The van der Waals surface area contributed by atoms with Gasteiger partial charge in [0.2, 0.25) is 0 Å². The molecule has 230 valence electrons. The number of halogens is 15. The van der Waals surface area contributed by atoms with Gasteiger partial charge in [0.15, 0.2) is 0 Å². The minimum absolute atomic E-state index is 1.33. The van der Waals surface area contributed by atoms with Crippen molar-refractivity contribution in [3.8, 4) is 0 Å². The van der Waals surface area contributed by atoms with Gasteiger partial charge >= 0.3 is 41.7 Å². The Morgan fingerprint density at radius 2 is 0.737 bits per heavy atom. The van der Waals surface area contributed by atoms with E-state index in [1.54, 1.807) is 0 Å². The molecule has 0 aliphatic carbocycles. The van der Waals surface area contributed by atoms with Gasteiger partial charge in [-0.05, 0) is 25.7 Å². The lowest BCUT2D eigenvalue weighted by atomic mass is 9.91. The number of carboxylic acids is 1. The number of carbonyl (C=O) groups is 1. The van der Waals surface area contributed by atoms with Gasteiger partial charge in [0, 0.05) is 0 Å². The van der Waals surface area contributed by atoms with Crippen molar-refractivity contribution in [1.29, 1.82) is 0 Å². The Morgan fingerprint density at radius 3 is 0.947 bits per heavy atom. The average Bonchev–Trinajstić information content (AvgIpc) is 2.73. The molecule has 0 N–H and O–H groups in total. The number of hydrogen-bond donors (Lipinski definition) is 0. The first-order valence-corrected chi connectivity index (χ1v) is 11.1. The molecule has 0 amide bonds. The number of carboxylic acid groups (broad SMARTS) is 1. The van der Waals surface area contributed by atoms with Crippen molar-refractivity contribution in [2.45, 2.75) is 95.1 Å². The second-order valence-electron chi connectivity index (χ2n) is 8.47. The van der Waals surface area contributed by atoms with E-state index in [9.17, 15) is 75.8 Å². The molecule has 0 rings (SSSR count). The van der Waals surface area contributed by atoms with E-state index in [-0.39, 0.29) is 0 Å². The van der Waals surface area contributed by atoms with Crippen LogP contribution in [0.2, 0.25) is 0 Å². The molecule has 0 heterocycles. The van der Waals surface area contributed by atoms with Gasteiger partial charge in [0.25, 0.3) is 0 Å². The van der Waals surface area contributed by atoms with Crippen LogP contribution in [-0.2, 0) is 4.79 Å². The lowest BCUT2D eigenvalue weighted by Gasteiger charge is -2.41. The first-order valence-electron chi connectivity index (χ1n) is 11.1. The number of hydrogen-bond acceptors (Lipinski definition) is 2. The van der Waals surface area contributed by atoms with Gasteiger partial charge in [-0.25, -0.2) is 0 Å². The number of carbonyl (C=O) groups excluding carboxylic acids is 1. The maximum atomic E-state index is 12.8. The van der Waals surface area contributed by atoms with Crippen molar-refractivity contribution in [1.82, 2.24) is 0 Å². The molecule has 0 fully saturated rings. The zero-order valence-electron chi connectivity index (χ0n) is 20.6. The highest BCUT2D eigenvalue weighted by Gasteiger charge is 2.93. The van der Waals surface area contributed by atoms with Crippen LogP contribution in [0.4, 0.5) is 65.9 Å². The third-order valence-corrected chi connectivity index (χ3v) is 5.38. The summed E-state index contributed by atoms with van der Waals surface area (Å²) in [5.41, 5.74) is 0. The third kappa shape index (κ3) is 6.92. The predicted octanol–water partition coefficient (Wildman–Crippen LogP) is 6.55. The normalized spacial score (nSPS) is 14.7. The standard InChI is InChI=1S/C12H28N.C8HF15O2/c1-5-9-13(10-6-2,11-7-3)12-8-4;9-2(10,1(24)25)3(11,12)4(13,14)5(15,16)6(17,18)7(19,20)8(21,22)23/h5-12H2,1-4H3;(H,24,25)/q+1;/p-1. The topological polar surface area (TPSA) is 40.1 Å². The molecule has 3 nitrogen and oxygen atoms in total.